The first-order valence-corrected chi connectivity index (χ1v) is 7.17. The van der Waals surface area contributed by atoms with E-state index in [9.17, 15) is 9.59 Å². The van der Waals surface area contributed by atoms with Crippen LogP contribution in [0.4, 0.5) is 0 Å². The molecule has 0 aliphatic heterocycles. The van der Waals surface area contributed by atoms with Crippen LogP contribution in [-0.4, -0.2) is 25.2 Å². The predicted octanol–water partition coefficient (Wildman–Crippen LogP) is 2.03. The molecule has 0 bridgehead atoms. The number of hydrogen-bond donors (Lipinski definition) is 1. The summed E-state index contributed by atoms with van der Waals surface area (Å²) in [5.74, 6) is 0.144. The van der Waals surface area contributed by atoms with Crippen LogP contribution in [0.5, 0.6) is 0 Å². The van der Waals surface area contributed by atoms with Crippen molar-refractivity contribution in [1.82, 2.24) is 5.32 Å². The topological polar surface area (TPSA) is 68.5 Å². The molecule has 5 nitrogen and oxygen atoms in total. The van der Waals surface area contributed by atoms with Crippen molar-refractivity contribution in [3.8, 4) is 0 Å². The van der Waals surface area contributed by atoms with Crippen LogP contribution < -0.4 is 10.7 Å². The van der Waals surface area contributed by atoms with E-state index in [1.54, 1.807) is 6.92 Å². The zero-order valence-electron chi connectivity index (χ0n) is 11.8. The minimum atomic E-state index is -0.355. The van der Waals surface area contributed by atoms with Crippen molar-refractivity contribution in [2.24, 2.45) is 0 Å². The van der Waals surface area contributed by atoms with Crippen molar-refractivity contribution in [3.05, 3.63) is 33.9 Å². The monoisotopic (exact) mass is 279 g/mol. The van der Waals surface area contributed by atoms with Gasteiger partial charge in [0.1, 0.15) is 5.76 Å². The molecule has 5 heteroatoms. The Morgan fingerprint density at radius 2 is 2.15 bits per heavy atom. The fraction of sp³-hybridized carbons (Fsp3) is 0.600. The Kier molecular flexibility index (Phi) is 5.35. The number of nitrogens with one attached hydrogen (secondary N) is 1. The first kappa shape index (κ1) is 14.8. The molecule has 0 saturated heterocycles. The van der Waals surface area contributed by atoms with Gasteiger partial charge in [0.15, 0.2) is 11.2 Å². The van der Waals surface area contributed by atoms with Gasteiger partial charge in [-0.25, -0.2) is 0 Å². The molecule has 20 heavy (non-hydrogen) atoms. The Morgan fingerprint density at radius 3 is 2.85 bits per heavy atom. The van der Waals surface area contributed by atoms with E-state index in [-0.39, 0.29) is 17.1 Å². The molecule has 1 aromatic heterocycles. The van der Waals surface area contributed by atoms with Gasteiger partial charge >= 0.3 is 0 Å². The molecule has 1 aromatic rings. The van der Waals surface area contributed by atoms with Gasteiger partial charge in [0, 0.05) is 25.3 Å². The fourth-order valence-electron chi connectivity index (χ4n) is 2.38. The first-order valence-electron chi connectivity index (χ1n) is 7.17. The molecular formula is C15H21NO4. The number of aryl methyl sites for hydroxylation is 1. The van der Waals surface area contributed by atoms with Crippen molar-refractivity contribution in [1.29, 1.82) is 0 Å². The maximum Gasteiger partial charge on any atom is 0.287 e. The summed E-state index contributed by atoms with van der Waals surface area (Å²) in [6.07, 6.45) is 5.99. The Morgan fingerprint density at radius 1 is 1.40 bits per heavy atom. The number of carbonyl (C=O) groups excluding carboxylic acids is 1. The van der Waals surface area contributed by atoms with Crippen molar-refractivity contribution in [2.45, 2.75) is 45.1 Å². The lowest BCUT2D eigenvalue weighted by Gasteiger charge is -2.11. The second-order valence-corrected chi connectivity index (χ2v) is 5.15. The van der Waals surface area contributed by atoms with E-state index < -0.39 is 0 Å². The molecule has 1 saturated carbocycles. The second-order valence-electron chi connectivity index (χ2n) is 5.15. The number of rotatable bonds is 6. The second kappa shape index (κ2) is 7.24. The highest BCUT2D eigenvalue weighted by Crippen LogP contribution is 2.20. The van der Waals surface area contributed by atoms with Crippen LogP contribution in [0.1, 0.15) is 48.4 Å². The summed E-state index contributed by atoms with van der Waals surface area (Å²) in [5.41, 5.74) is -0.219. The molecule has 0 atom stereocenters. The van der Waals surface area contributed by atoms with E-state index in [2.05, 4.69) is 5.32 Å². The summed E-state index contributed by atoms with van der Waals surface area (Å²) in [7, 11) is 0. The van der Waals surface area contributed by atoms with Gasteiger partial charge in [-0.1, -0.05) is 12.8 Å². The number of hydrogen-bond acceptors (Lipinski definition) is 4. The van der Waals surface area contributed by atoms with E-state index in [4.69, 9.17) is 9.15 Å². The molecule has 0 spiro atoms. The Labute approximate surface area is 118 Å². The summed E-state index contributed by atoms with van der Waals surface area (Å²) in [6, 6.07) is 2.56. The fourth-order valence-corrected chi connectivity index (χ4v) is 2.38. The molecule has 0 radical (unpaired) electrons. The van der Waals surface area contributed by atoms with Crippen molar-refractivity contribution >= 4 is 5.91 Å². The number of amides is 1. The molecule has 1 fully saturated rings. The molecule has 1 aliphatic rings. The van der Waals surface area contributed by atoms with Gasteiger partial charge in [-0.3, -0.25) is 9.59 Å². The van der Waals surface area contributed by atoms with Crippen LogP contribution >= 0.6 is 0 Å². The highest BCUT2D eigenvalue weighted by molar-refractivity contribution is 5.91. The number of carbonyl (C=O) groups is 1. The smallest absolute Gasteiger partial charge is 0.287 e. The maximum atomic E-state index is 11.8. The van der Waals surface area contributed by atoms with Gasteiger partial charge in [0.2, 0.25) is 0 Å². The third-order valence-electron chi connectivity index (χ3n) is 3.38. The van der Waals surface area contributed by atoms with Crippen LogP contribution in [0, 0.1) is 6.92 Å². The third-order valence-corrected chi connectivity index (χ3v) is 3.38. The van der Waals surface area contributed by atoms with Gasteiger partial charge in [0.05, 0.1) is 6.10 Å². The minimum Gasteiger partial charge on any atom is -0.456 e. The number of ether oxygens (including phenoxy) is 1. The van der Waals surface area contributed by atoms with Gasteiger partial charge in [0.25, 0.3) is 5.91 Å². The van der Waals surface area contributed by atoms with Crippen molar-refractivity contribution < 1.29 is 13.9 Å². The van der Waals surface area contributed by atoms with Gasteiger partial charge in [-0.2, -0.15) is 0 Å². The molecule has 0 aromatic carbocycles. The van der Waals surface area contributed by atoms with Crippen LogP contribution in [-0.2, 0) is 4.74 Å². The molecule has 1 amide bonds. The van der Waals surface area contributed by atoms with Crippen LogP contribution in [0.3, 0.4) is 0 Å². The molecular weight excluding hydrogens is 258 g/mol. The van der Waals surface area contributed by atoms with E-state index in [0.717, 1.165) is 19.3 Å². The summed E-state index contributed by atoms with van der Waals surface area (Å²) < 4.78 is 10.9. The van der Waals surface area contributed by atoms with Gasteiger partial charge in [-0.15, -0.1) is 0 Å². The van der Waals surface area contributed by atoms with Crippen LogP contribution in [0.25, 0.3) is 0 Å². The quantitative estimate of drug-likeness (QED) is 0.809. The standard InChI is InChI=1S/C15H21NO4/c1-11-9-12(17)10-14(20-11)15(18)16-7-4-8-19-13-5-2-3-6-13/h9-10,13H,2-8H2,1H3,(H,16,18). The Bertz CT molecular complexity index is 503. The van der Waals surface area contributed by atoms with Crippen LogP contribution in [0.2, 0.25) is 0 Å². The zero-order chi connectivity index (χ0) is 14.4. The molecule has 0 unspecified atom stereocenters. The summed E-state index contributed by atoms with van der Waals surface area (Å²) in [5, 5.41) is 2.73. The Balaban J connectivity index is 1.68. The largest absolute Gasteiger partial charge is 0.456 e. The highest BCUT2D eigenvalue weighted by atomic mass is 16.5. The van der Waals surface area contributed by atoms with Crippen LogP contribution in [0.15, 0.2) is 21.3 Å². The molecule has 1 N–H and O–H groups in total. The normalized spacial score (nSPS) is 15.4. The predicted molar refractivity (Wildman–Crippen MR) is 74.9 cm³/mol. The summed E-state index contributed by atoms with van der Waals surface area (Å²) >= 11 is 0. The highest BCUT2D eigenvalue weighted by Gasteiger charge is 2.15. The van der Waals surface area contributed by atoms with Gasteiger partial charge < -0.3 is 14.5 Å². The molecule has 1 heterocycles. The van der Waals surface area contributed by atoms with E-state index in [1.807, 2.05) is 0 Å². The van der Waals surface area contributed by atoms with E-state index in [1.165, 1.54) is 25.0 Å². The third kappa shape index (κ3) is 4.49. The first-order chi connectivity index (χ1) is 9.65. The zero-order valence-corrected chi connectivity index (χ0v) is 11.8. The average Bonchev–Trinajstić information content (AvgIpc) is 2.90. The molecule has 1 aliphatic carbocycles. The molecule has 2 rings (SSSR count). The van der Waals surface area contributed by atoms with E-state index >= 15 is 0 Å². The lowest BCUT2D eigenvalue weighted by molar-refractivity contribution is 0.0564. The van der Waals surface area contributed by atoms with Crippen molar-refractivity contribution in [2.75, 3.05) is 13.2 Å². The summed E-state index contributed by atoms with van der Waals surface area (Å²) in [6.45, 7) is 2.82. The minimum absolute atomic E-state index is 0.0618. The average molecular weight is 279 g/mol. The molecule has 110 valence electrons. The maximum absolute atomic E-state index is 11.8. The van der Waals surface area contributed by atoms with Crippen molar-refractivity contribution in [3.63, 3.8) is 0 Å². The lowest BCUT2D eigenvalue weighted by atomic mass is 10.3. The lowest BCUT2D eigenvalue weighted by Crippen LogP contribution is -2.26. The summed E-state index contributed by atoms with van der Waals surface area (Å²) in [4.78, 5) is 23.1. The Hall–Kier alpha value is -1.62. The van der Waals surface area contributed by atoms with E-state index in [0.29, 0.717) is 25.0 Å². The SMILES string of the molecule is Cc1cc(=O)cc(C(=O)NCCCOC2CCCC2)o1. The van der Waals surface area contributed by atoms with Gasteiger partial charge in [-0.05, 0) is 26.2 Å².